The molecule has 3 amide bonds. The highest BCUT2D eigenvalue weighted by molar-refractivity contribution is 5.94. The number of nitrogens with zero attached hydrogens (tertiary/aromatic N) is 1. The first-order valence-corrected chi connectivity index (χ1v) is 9.37. The van der Waals surface area contributed by atoms with Gasteiger partial charge in [0.05, 0.1) is 18.2 Å². The minimum Gasteiger partial charge on any atom is -0.369 e. The number of fused-ring (bicyclic) bond motifs is 1. The Morgan fingerprint density at radius 2 is 2.11 bits per heavy atom. The molecule has 3 fully saturated rings. The molecular weight excluding hydrogens is 356 g/mol. The summed E-state index contributed by atoms with van der Waals surface area (Å²) in [7, 11) is 0. The summed E-state index contributed by atoms with van der Waals surface area (Å²) in [6, 6.07) is 3.02. The molecule has 27 heavy (non-hydrogen) atoms. The molecule has 1 aromatic carbocycles. The lowest BCUT2D eigenvalue weighted by Crippen LogP contribution is -2.41. The smallest absolute Gasteiger partial charge is 0.317 e. The predicted octanol–water partition coefficient (Wildman–Crippen LogP) is 1.90. The number of hydrogen-bond acceptors (Lipinski definition) is 3. The molecule has 3 aliphatic rings. The molecule has 146 valence electrons. The second kappa shape index (κ2) is 6.74. The minimum absolute atomic E-state index is 0.0663. The highest BCUT2D eigenvalue weighted by Crippen LogP contribution is 2.54. The summed E-state index contributed by atoms with van der Waals surface area (Å²) in [5.74, 6) is -2.19. The average molecular weight is 379 g/mol. The van der Waals surface area contributed by atoms with Crippen molar-refractivity contribution in [2.24, 2.45) is 11.8 Å². The standard InChI is InChI=1S/C19H23F2N3O3/c1-2-22-18(26)24-9-13-12(16-5-6-19(13,10-24)27-16)8-23-17(25)11-3-4-14(20)15(21)7-11/h3-4,7,12-13,16H,2,5-6,8-10H2,1H3,(H,22,26)(H,23,25)/t12-,13+,16+,19+/m0/s1. The lowest BCUT2D eigenvalue weighted by Gasteiger charge is -2.29. The van der Waals surface area contributed by atoms with Gasteiger partial charge in [-0.1, -0.05) is 0 Å². The number of nitrogens with one attached hydrogen (secondary N) is 2. The second-order valence-corrected chi connectivity index (χ2v) is 7.59. The highest BCUT2D eigenvalue weighted by Gasteiger charge is 2.63. The summed E-state index contributed by atoms with van der Waals surface area (Å²) in [5, 5.41) is 5.65. The van der Waals surface area contributed by atoms with E-state index in [1.54, 1.807) is 4.90 Å². The van der Waals surface area contributed by atoms with Gasteiger partial charge in [-0.15, -0.1) is 0 Å². The molecule has 8 heteroatoms. The van der Waals surface area contributed by atoms with Crippen molar-refractivity contribution in [1.29, 1.82) is 0 Å². The molecule has 6 nitrogen and oxygen atoms in total. The fraction of sp³-hybridized carbons (Fsp3) is 0.579. The molecule has 4 atom stereocenters. The van der Waals surface area contributed by atoms with Crippen LogP contribution < -0.4 is 10.6 Å². The average Bonchev–Trinajstić information content (AvgIpc) is 3.30. The quantitative estimate of drug-likeness (QED) is 0.840. The Labute approximate surface area is 156 Å². The van der Waals surface area contributed by atoms with Crippen LogP contribution in [0.1, 0.15) is 30.1 Å². The molecule has 1 aromatic rings. The number of ether oxygens (including phenoxy) is 1. The van der Waals surface area contributed by atoms with Gasteiger partial charge in [0.1, 0.15) is 0 Å². The number of benzene rings is 1. The van der Waals surface area contributed by atoms with E-state index < -0.39 is 17.5 Å². The zero-order valence-electron chi connectivity index (χ0n) is 15.1. The van der Waals surface area contributed by atoms with Crippen LogP contribution in [0.4, 0.5) is 13.6 Å². The first kappa shape index (κ1) is 18.2. The van der Waals surface area contributed by atoms with E-state index in [0.29, 0.717) is 26.2 Å². The molecule has 0 radical (unpaired) electrons. The van der Waals surface area contributed by atoms with E-state index in [-0.39, 0.29) is 35.1 Å². The Kier molecular flexibility index (Phi) is 4.53. The van der Waals surface area contributed by atoms with E-state index in [1.165, 1.54) is 6.07 Å². The van der Waals surface area contributed by atoms with Gasteiger partial charge in [0.2, 0.25) is 0 Å². The van der Waals surface area contributed by atoms with Crippen molar-refractivity contribution in [3.8, 4) is 0 Å². The van der Waals surface area contributed by atoms with Crippen LogP contribution >= 0.6 is 0 Å². The van der Waals surface area contributed by atoms with Gasteiger partial charge in [-0.05, 0) is 38.0 Å². The Balaban J connectivity index is 1.42. The monoisotopic (exact) mass is 379 g/mol. The van der Waals surface area contributed by atoms with Gasteiger partial charge in [0.15, 0.2) is 11.6 Å². The van der Waals surface area contributed by atoms with Crippen LogP contribution in [0.25, 0.3) is 0 Å². The molecule has 4 rings (SSSR count). The number of rotatable bonds is 4. The maximum Gasteiger partial charge on any atom is 0.317 e. The number of carbonyl (C=O) groups excluding carboxylic acids is 2. The topological polar surface area (TPSA) is 70.7 Å². The summed E-state index contributed by atoms with van der Waals surface area (Å²) in [6.07, 6.45) is 1.90. The van der Waals surface area contributed by atoms with Gasteiger partial charge in [-0.2, -0.15) is 0 Å². The highest BCUT2D eigenvalue weighted by atomic mass is 19.2. The zero-order chi connectivity index (χ0) is 19.2. The molecule has 3 aliphatic heterocycles. The number of carbonyl (C=O) groups is 2. The third-order valence-electron chi connectivity index (χ3n) is 6.08. The Morgan fingerprint density at radius 1 is 1.30 bits per heavy atom. The first-order valence-electron chi connectivity index (χ1n) is 9.37. The Morgan fingerprint density at radius 3 is 2.85 bits per heavy atom. The molecule has 3 saturated heterocycles. The fourth-order valence-corrected chi connectivity index (χ4v) is 4.83. The third-order valence-corrected chi connectivity index (χ3v) is 6.08. The zero-order valence-corrected chi connectivity index (χ0v) is 15.1. The predicted molar refractivity (Wildman–Crippen MR) is 93.2 cm³/mol. The van der Waals surface area contributed by atoms with Crippen LogP contribution in [0.3, 0.4) is 0 Å². The normalized spacial score (nSPS) is 31.1. The lowest BCUT2D eigenvalue weighted by atomic mass is 9.73. The van der Waals surface area contributed by atoms with Crippen LogP contribution in [0.2, 0.25) is 0 Å². The number of amides is 3. The molecule has 3 heterocycles. The van der Waals surface area contributed by atoms with Crippen molar-refractivity contribution in [2.75, 3.05) is 26.2 Å². The van der Waals surface area contributed by atoms with Crippen molar-refractivity contribution in [3.05, 3.63) is 35.4 Å². The minimum atomic E-state index is -1.04. The summed E-state index contributed by atoms with van der Waals surface area (Å²) in [5.41, 5.74) is -0.226. The van der Waals surface area contributed by atoms with Gasteiger partial charge in [0.25, 0.3) is 5.91 Å². The summed E-state index contributed by atoms with van der Waals surface area (Å²) in [4.78, 5) is 26.3. The molecule has 2 N–H and O–H groups in total. The van der Waals surface area contributed by atoms with Gasteiger partial charge < -0.3 is 20.3 Å². The Hall–Kier alpha value is -2.22. The van der Waals surface area contributed by atoms with Crippen molar-refractivity contribution in [1.82, 2.24) is 15.5 Å². The van der Waals surface area contributed by atoms with Crippen LogP contribution in [-0.2, 0) is 4.74 Å². The van der Waals surface area contributed by atoms with Gasteiger partial charge in [-0.3, -0.25) is 4.79 Å². The maximum absolute atomic E-state index is 13.3. The van der Waals surface area contributed by atoms with Gasteiger partial charge in [0, 0.05) is 37.0 Å². The number of halogens is 2. The first-order chi connectivity index (χ1) is 12.9. The molecule has 2 bridgehead atoms. The fourth-order valence-electron chi connectivity index (χ4n) is 4.83. The summed E-state index contributed by atoms with van der Waals surface area (Å²) in [6.45, 7) is 4.02. The van der Waals surface area contributed by atoms with E-state index in [9.17, 15) is 18.4 Å². The van der Waals surface area contributed by atoms with Crippen LogP contribution in [0.5, 0.6) is 0 Å². The van der Waals surface area contributed by atoms with Crippen LogP contribution in [0.15, 0.2) is 18.2 Å². The molecule has 0 unspecified atom stereocenters. The van der Waals surface area contributed by atoms with E-state index in [0.717, 1.165) is 25.0 Å². The van der Waals surface area contributed by atoms with Crippen LogP contribution in [0, 0.1) is 23.5 Å². The molecule has 0 aliphatic carbocycles. The molecule has 1 spiro atoms. The molecule has 0 aromatic heterocycles. The van der Waals surface area contributed by atoms with Gasteiger partial charge in [-0.25, -0.2) is 13.6 Å². The van der Waals surface area contributed by atoms with Crippen LogP contribution in [-0.4, -0.2) is 54.7 Å². The van der Waals surface area contributed by atoms with E-state index in [2.05, 4.69) is 10.6 Å². The molecule has 0 saturated carbocycles. The second-order valence-electron chi connectivity index (χ2n) is 7.59. The van der Waals surface area contributed by atoms with E-state index in [1.807, 2.05) is 6.92 Å². The van der Waals surface area contributed by atoms with Crippen molar-refractivity contribution < 1.29 is 23.1 Å². The summed E-state index contributed by atoms with van der Waals surface area (Å²) < 4.78 is 32.6. The Bertz CT molecular complexity index is 775. The lowest BCUT2D eigenvalue weighted by molar-refractivity contribution is 0.00555. The SMILES string of the molecule is CCNC(=O)N1C[C@@H]2[C@H](CNC(=O)c3ccc(F)c(F)c3)[C@H]3CC[C@]2(C1)O3. The number of urea groups is 1. The van der Waals surface area contributed by atoms with Crippen molar-refractivity contribution >= 4 is 11.9 Å². The van der Waals surface area contributed by atoms with Crippen molar-refractivity contribution in [2.45, 2.75) is 31.5 Å². The third kappa shape index (κ3) is 3.05. The van der Waals surface area contributed by atoms with Crippen molar-refractivity contribution in [3.63, 3.8) is 0 Å². The molecular formula is C19H23F2N3O3. The summed E-state index contributed by atoms with van der Waals surface area (Å²) >= 11 is 0. The van der Waals surface area contributed by atoms with E-state index >= 15 is 0 Å². The van der Waals surface area contributed by atoms with E-state index in [4.69, 9.17) is 4.74 Å². The largest absolute Gasteiger partial charge is 0.369 e. The maximum atomic E-state index is 13.3. The van der Waals surface area contributed by atoms with Gasteiger partial charge >= 0.3 is 6.03 Å². The number of hydrogen-bond donors (Lipinski definition) is 2. The number of likely N-dealkylation sites (tertiary alicyclic amines) is 1.